The van der Waals surface area contributed by atoms with Crippen molar-refractivity contribution >= 4 is 11.9 Å². The van der Waals surface area contributed by atoms with Crippen molar-refractivity contribution < 1.29 is 24.2 Å². The van der Waals surface area contributed by atoms with Crippen molar-refractivity contribution in [3.63, 3.8) is 0 Å². The van der Waals surface area contributed by atoms with Gasteiger partial charge in [-0.2, -0.15) is 0 Å². The second-order valence-corrected chi connectivity index (χ2v) is 9.87. The Morgan fingerprint density at radius 2 is 1.16 bits per heavy atom. The third kappa shape index (κ3) is 27.0. The van der Waals surface area contributed by atoms with Crippen molar-refractivity contribution in [2.75, 3.05) is 13.2 Å². The van der Waals surface area contributed by atoms with E-state index in [2.05, 4.69) is 44.2 Å². The quantitative estimate of drug-likeness (QED) is 0.0702. The second kappa shape index (κ2) is 28.7. The first-order valence-electron chi connectivity index (χ1n) is 15.1. The van der Waals surface area contributed by atoms with E-state index in [0.29, 0.717) is 12.8 Å². The molecule has 5 nitrogen and oxygen atoms in total. The molecule has 1 unspecified atom stereocenters. The first kappa shape index (κ1) is 35.1. The van der Waals surface area contributed by atoms with E-state index in [9.17, 15) is 14.7 Å². The summed E-state index contributed by atoms with van der Waals surface area (Å²) in [4.78, 5) is 24.0. The standard InChI is InChI=1S/C32H56O5/c1-3-5-7-9-11-13-15-16-17-19-20-22-24-26-31(34)36-29-30(28-33)37-32(35)27-25-23-21-18-14-12-10-8-6-4-2/h5,7,9,11,13,15,30,33H,3-4,6,8,10,12,14,16-29H2,1-2H3/b7-5+,11-9+,15-13+. The number of hydrogen-bond acceptors (Lipinski definition) is 5. The van der Waals surface area contributed by atoms with Crippen molar-refractivity contribution in [2.45, 2.75) is 142 Å². The van der Waals surface area contributed by atoms with Gasteiger partial charge in [0.2, 0.25) is 0 Å². The fraction of sp³-hybridized carbons (Fsp3) is 0.750. The molecule has 1 atom stereocenters. The highest BCUT2D eigenvalue weighted by molar-refractivity contribution is 5.70. The molecule has 0 spiro atoms. The predicted octanol–water partition coefficient (Wildman–Crippen LogP) is 8.55. The maximum absolute atomic E-state index is 12.0. The molecule has 0 fully saturated rings. The second-order valence-electron chi connectivity index (χ2n) is 9.87. The van der Waals surface area contributed by atoms with E-state index in [4.69, 9.17) is 9.47 Å². The molecule has 0 radical (unpaired) electrons. The molecular formula is C32H56O5. The average Bonchev–Trinajstić information content (AvgIpc) is 2.90. The van der Waals surface area contributed by atoms with E-state index < -0.39 is 6.10 Å². The molecule has 0 bridgehead atoms. The third-order valence-corrected chi connectivity index (χ3v) is 6.26. The fourth-order valence-electron chi connectivity index (χ4n) is 3.96. The minimum absolute atomic E-state index is 0.0753. The molecule has 0 aromatic carbocycles. The van der Waals surface area contributed by atoms with Crippen LogP contribution in [-0.2, 0) is 19.1 Å². The molecule has 0 amide bonds. The van der Waals surface area contributed by atoms with Crippen LogP contribution >= 0.6 is 0 Å². The van der Waals surface area contributed by atoms with Crippen molar-refractivity contribution in [2.24, 2.45) is 0 Å². The highest BCUT2D eigenvalue weighted by Crippen LogP contribution is 2.12. The van der Waals surface area contributed by atoms with Gasteiger partial charge in [-0.1, -0.05) is 127 Å². The van der Waals surface area contributed by atoms with Gasteiger partial charge in [0.1, 0.15) is 6.61 Å². The molecule has 214 valence electrons. The van der Waals surface area contributed by atoms with Crippen molar-refractivity contribution in [3.05, 3.63) is 36.5 Å². The zero-order valence-corrected chi connectivity index (χ0v) is 24.0. The van der Waals surface area contributed by atoms with Gasteiger partial charge in [-0.25, -0.2) is 0 Å². The Labute approximate surface area is 227 Å². The Bertz CT molecular complexity index is 608. The van der Waals surface area contributed by atoms with Crippen LogP contribution in [0, 0.1) is 0 Å². The molecule has 0 saturated carbocycles. The van der Waals surface area contributed by atoms with Crippen molar-refractivity contribution in [1.29, 1.82) is 0 Å². The summed E-state index contributed by atoms with van der Waals surface area (Å²) in [5, 5.41) is 9.45. The third-order valence-electron chi connectivity index (χ3n) is 6.26. The molecule has 0 aliphatic heterocycles. The summed E-state index contributed by atoms with van der Waals surface area (Å²) < 4.78 is 10.5. The summed E-state index contributed by atoms with van der Waals surface area (Å²) >= 11 is 0. The molecule has 0 aliphatic carbocycles. The fourth-order valence-corrected chi connectivity index (χ4v) is 3.96. The summed E-state index contributed by atoms with van der Waals surface area (Å²) in [6, 6.07) is 0. The lowest BCUT2D eigenvalue weighted by atomic mass is 10.1. The zero-order chi connectivity index (χ0) is 27.2. The molecule has 1 N–H and O–H groups in total. The molecular weight excluding hydrogens is 464 g/mol. The molecule has 5 heteroatoms. The van der Waals surface area contributed by atoms with E-state index in [1.165, 1.54) is 44.9 Å². The molecule has 0 heterocycles. The Morgan fingerprint density at radius 3 is 1.73 bits per heavy atom. The van der Waals surface area contributed by atoms with Gasteiger partial charge in [0, 0.05) is 12.8 Å². The maximum atomic E-state index is 12.0. The summed E-state index contributed by atoms with van der Waals surface area (Å²) in [7, 11) is 0. The number of esters is 2. The Hall–Kier alpha value is -1.88. The van der Waals surface area contributed by atoms with Gasteiger partial charge in [0.05, 0.1) is 6.61 Å². The molecule has 0 aromatic rings. The van der Waals surface area contributed by atoms with E-state index >= 15 is 0 Å². The number of aliphatic hydroxyl groups excluding tert-OH is 1. The lowest BCUT2D eigenvalue weighted by molar-refractivity contribution is -0.161. The average molecular weight is 521 g/mol. The van der Waals surface area contributed by atoms with Gasteiger partial charge in [0.15, 0.2) is 6.10 Å². The first-order chi connectivity index (χ1) is 18.1. The van der Waals surface area contributed by atoms with Crippen molar-refractivity contribution in [3.8, 4) is 0 Å². The lowest BCUT2D eigenvalue weighted by Crippen LogP contribution is -2.28. The van der Waals surface area contributed by atoms with Crippen LogP contribution in [0.25, 0.3) is 0 Å². The van der Waals surface area contributed by atoms with E-state index in [1.54, 1.807) is 0 Å². The summed E-state index contributed by atoms with van der Waals surface area (Å²) in [5.74, 6) is -0.620. The normalized spacial score (nSPS) is 12.6. The van der Waals surface area contributed by atoms with Gasteiger partial charge in [-0.15, -0.1) is 0 Å². The Morgan fingerprint density at radius 1 is 0.649 bits per heavy atom. The van der Waals surface area contributed by atoms with E-state index in [0.717, 1.165) is 64.2 Å². The van der Waals surface area contributed by atoms with Crippen LogP contribution in [0.4, 0.5) is 0 Å². The number of ether oxygens (including phenoxy) is 2. The summed E-state index contributed by atoms with van der Waals surface area (Å²) in [6.07, 6.45) is 31.9. The van der Waals surface area contributed by atoms with Gasteiger partial charge in [0.25, 0.3) is 0 Å². The molecule has 0 aliphatic rings. The van der Waals surface area contributed by atoms with Crippen molar-refractivity contribution in [1.82, 2.24) is 0 Å². The smallest absolute Gasteiger partial charge is 0.306 e. The van der Waals surface area contributed by atoms with Gasteiger partial charge in [-0.3, -0.25) is 9.59 Å². The molecule has 0 aromatic heterocycles. The van der Waals surface area contributed by atoms with Crippen LogP contribution in [0.3, 0.4) is 0 Å². The number of rotatable bonds is 26. The number of carbonyl (C=O) groups excluding carboxylic acids is 2. The van der Waals surface area contributed by atoms with Crippen LogP contribution in [0.2, 0.25) is 0 Å². The minimum atomic E-state index is -0.773. The molecule has 0 saturated heterocycles. The Kier molecular flexibility index (Phi) is 27.2. The van der Waals surface area contributed by atoms with Crippen LogP contribution in [0.5, 0.6) is 0 Å². The first-order valence-corrected chi connectivity index (χ1v) is 15.1. The van der Waals surface area contributed by atoms with E-state index in [-0.39, 0.29) is 25.2 Å². The minimum Gasteiger partial charge on any atom is -0.462 e. The Balaban J connectivity index is 3.65. The maximum Gasteiger partial charge on any atom is 0.306 e. The molecule has 0 rings (SSSR count). The number of carbonyl (C=O) groups is 2. The van der Waals surface area contributed by atoms with Crippen LogP contribution in [0.15, 0.2) is 36.5 Å². The topological polar surface area (TPSA) is 72.8 Å². The van der Waals surface area contributed by atoms with Gasteiger partial charge in [-0.05, 0) is 32.1 Å². The van der Waals surface area contributed by atoms with Gasteiger partial charge < -0.3 is 14.6 Å². The summed E-state index contributed by atoms with van der Waals surface area (Å²) in [5.41, 5.74) is 0. The summed E-state index contributed by atoms with van der Waals surface area (Å²) in [6.45, 7) is 3.94. The number of unbranched alkanes of at least 4 members (excludes halogenated alkanes) is 14. The zero-order valence-electron chi connectivity index (χ0n) is 24.0. The van der Waals surface area contributed by atoms with E-state index in [1.807, 2.05) is 6.08 Å². The number of aliphatic hydroxyl groups is 1. The van der Waals surface area contributed by atoms with Crippen LogP contribution in [-0.4, -0.2) is 36.4 Å². The number of hydrogen-bond donors (Lipinski definition) is 1. The monoisotopic (exact) mass is 520 g/mol. The highest BCUT2D eigenvalue weighted by atomic mass is 16.6. The SMILES string of the molecule is CC/C=C/C=C/C=C/CCCCCCCC(=O)OCC(CO)OC(=O)CCCCCCCCCCCC. The van der Waals surface area contributed by atoms with Crippen LogP contribution in [0.1, 0.15) is 136 Å². The van der Waals surface area contributed by atoms with Crippen LogP contribution < -0.4 is 0 Å². The van der Waals surface area contributed by atoms with Gasteiger partial charge >= 0.3 is 11.9 Å². The molecule has 37 heavy (non-hydrogen) atoms. The number of allylic oxidation sites excluding steroid dienone is 6. The lowest BCUT2D eigenvalue weighted by Gasteiger charge is -2.15. The highest BCUT2D eigenvalue weighted by Gasteiger charge is 2.16. The largest absolute Gasteiger partial charge is 0.462 e. The predicted molar refractivity (Wildman–Crippen MR) is 154 cm³/mol.